The second-order valence-electron chi connectivity index (χ2n) is 5.95. The van der Waals surface area contributed by atoms with E-state index >= 15 is 0 Å². The Kier molecular flexibility index (Phi) is 5.53. The molecule has 7 heteroatoms. The molecule has 0 atom stereocenters. The van der Waals surface area contributed by atoms with Gasteiger partial charge in [0.25, 0.3) is 5.91 Å². The van der Waals surface area contributed by atoms with Crippen molar-refractivity contribution in [3.63, 3.8) is 0 Å². The van der Waals surface area contributed by atoms with Crippen molar-refractivity contribution in [1.82, 2.24) is 5.01 Å². The molecule has 0 saturated carbocycles. The molecule has 3 rings (SSSR count). The predicted octanol–water partition coefficient (Wildman–Crippen LogP) is 3.50. The topological polar surface area (TPSA) is 73.8 Å². The molecule has 1 aliphatic rings. The number of halogens is 1. The smallest absolute Gasteiger partial charge is 0.271 e. The van der Waals surface area contributed by atoms with E-state index in [4.69, 9.17) is 11.6 Å². The number of rotatable bonds is 5. The number of carbonyl (C=O) groups is 2. The molecule has 1 aliphatic heterocycles. The van der Waals surface area contributed by atoms with Crippen LogP contribution in [0.1, 0.15) is 18.4 Å². The number of anilines is 2. The van der Waals surface area contributed by atoms with Gasteiger partial charge >= 0.3 is 0 Å². The molecule has 0 bridgehead atoms. The Bertz CT molecular complexity index is 852. The normalized spacial score (nSPS) is 14.0. The van der Waals surface area contributed by atoms with Crippen LogP contribution in [-0.2, 0) is 16.1 Å². The van der Waals surface area contributed by atoms with E-state index in [1.807, 2.05) is 36.4 Å². The predicted molar refractivity (Wildman–Crippen MR) is 103 cm³/mol. The summed E-state index contributed by atoms with van der Waals surface area (Å²) in [6, 6.07) is 15.3. The largest absolute Gasteiger partial charge is 0.380 e. The van der Waals surface area contributed by atoms with E-state index in [2.05, 4.69) is 15.7 Å². The lowest BCUT2D eigenvalue weighted by atomic mass is 10.1. The van der Waals surface area contributed by atoms with E-state index in [1.54, 1.807) is 19.2 Å². The van der Waals surface area contributed by atoms with Gasteiger partial charge in [0.05, 0.1) is 10.7 Å². The lowest BCUT2D eigenvalue weighted by molar-refractivity contribution is -0.130. The van der Waals surface area contributed by atoms with Gasteiger partial charge in [0.1, 0.15) is 5.71 Å². The summed E-state index contributed by atoms with van der Waals surface area (Å²) in [5, 5.41) is 11.8. The molecule has 0 saturated heterocycles. The second kappa shape index (κ2) is 8.01. The van der Waals surface area contributed by atoms with Gasteiger partial charge in [-0.25, -0.2) is 5.01 Å². The maximum atomic E-state index is 12.3. The van der Waals surface area contributed by atoms with Gasteiger partial charge in [0, 0.05) is 32.1 Å². The highest BCUT2D eigenvalue weighted by atomic mass is 35.5. The zero-order valence-corrected chi connectivity index (χ0v) is 15.1. The van der Waals surface area contributed by atoms with Crippen LogP contribution < -0.4 is 10.6 Å². The first kappa shape index (κ1) is 17.9. The summed E-state index contributed by atoms with van der Waals surface area (Å²) in [5.74, 6) is -0.427. The summed E-state index contributed by atoms with van der Waals surface area (Å²) in [6.07, 6.45) is 0.616. The van der Waals surface area contributed by atoms with Crippen LogP contribution in [0, 0.1) is 0 Å². The lowest BCUT2D eigenvalue weighted by Gasteiger charge is -2.19. The zero-order valence-electron chi connectivity index (χ0n) is 14.3. The highest BCUT2D eigenvalue weighted by molar-refractivity contribution is 6.43. The first-order valence-corrected chi connectivity index (χ1v) is 8.63. The lowest BCUT2D eigenvalue weighted by Crippen LogP contribution is -2.34. The van der Waals surface area contributed by atoms with Gasteiger partial charge in [-0.15, -0.1) is 0 Å². The van der Waals surface area contributed by atoms with Crippen molar-refractivity contribution in [1.29, 1.82) is 0 Å². The maximum Gasteiger partial charge on any atom is 0.271 e. The number of nitrogens with zero attached hydrogens (tertiary/aromatic N) is 2. The number of benzene rings is 2. The Morgan fingerprint density at radius 3 is 2.65 bits per heavy atom. The van der Waals surface area contributed by atoms with E-state index in [0.29, 0.717) is 29.4 Å². The molecule has 2 aromatic rings. The minimum atomic E-state index is -0.328. The molecule has 6 nitrogen and oxygen atoms in total. The van der Waals surface area contributed by atoms with Crippen molar-refractivity contribution < 1.29 is 9.59 Å². The molecule has 134 valence electrons. The van der Waals surface area contributed by atoms with E-state index in [0.717, 1.165) is 11.3 Å². The number of carbonyl (C=O) groups excluding carboxylic acids is 2. The molecule has 0 fully saturated rings. The summed E-state index contributed by atoms with van der Waals surface area (Å²) in [6.45, 7) is 0.656. The molecule has 2 amide bonds. The van der Waals surface area contributed by atoms with Gasteiger partial charge in [-0.2, -0.15) is 5.10 Å². The summed E-state index contributed by atoms with van der Waals surface area (Å²) in [5.41, 5.74) is 2.84. The van der Waals surface area contributed by atoms with Crippen molar-refractivity contribution in [3.05, 3.63) is 59.1 Å². The first-order chi connectivity index (χ1) is 12.5. The van der Waals surface area contributed by atoms with Crippen LogP contribution in [-0.4, -0.2) is 29.6 Å². The highest BCUT2D eigenvalue weighted by Gasteiger charge is 2.22. The van der Waals surface area contributed by atoms with Crippen molar-refractivity contribution in [2.45, 2.75) is 19.4 Å². The summed E-state index contributed by atoms with van der Waals surface area (Å²) >= 11 is 6.31. The molecular formula is C19H19ClN4O2. The van der Waals surface area contributed by atoms with Crippen molar-refractivity contribution in [2.24, 2.45) is 5.10 Å². The average Bonchev–Trinajstić information content (AvgIpc) is 2.64. The summed E-state index contributed by atoms with van der Waals surface area (Å²) in [7, 11) is 1.54. The molecule has 0 unspecified atom stereocenters. The van der Waals surface area contributed by atoms with Crippen molar-refractivity contribution in [2.75, 3.05) is 17.7 Å². The monoisotopic (exact) mass is 370 g/mol. The average molecular weight is 371 g/mol. The third-order valence-corrected chi connectivity index (χ3v) is 4.33. The molecule has 0 aliphatic carbocycles. The minimum Gasteiger partial charge on any atom is -0.380 e. The second-order valence-corrected chi connectivity index (χ2v) is 6.36. The fraction of sp³-hybridized carbons (Fsp3) is 0.211. The van der Waals surface area contributed by atoms with E-state index in [1.165, 1.54) is 5.01 Å². The molecule has 2 N–H and O–H groups in total. The van der Waals surface area contributed by atoms with Crippen LogP contribution in [0.3, 0.4) is 0 Å². The Morgan fingerprint density at radius 2 is 1.96 bits per heavy atom. The number of hydrogen-bond acceptors (Lipinski definition) is 4. The Balaban J connectivity index is 1.63. The van der Waals surface area contributed by atoms with Crippen LogP contribution in [0.2, 0.25) is 5.02 Å². The summed E-state index contributed by atoms with van der Waals surface area (Å²) < 4.78 is 0. The first-order valence-electron chi connectivity index (χ1n) is 8.25. The fourth-order valence-electron chi connectivity index (χ4n) is 2.57. The Morgan fingerprint density at radius 1 is 1.19 bits per heavy atom. The molecule has 1 heterocycles. The minimum absolute atomic E-state index is 0.0987. The molecule has 0 radical (unpaired) electrons. The van der Waals surface area contributed by atoms with Crippen LogP contribution in [0.5, 0.6) is 0 Å². The Hall–Kier alpha value is -2.86. The van der Waals surface area contributed by atoms with Crippen LogP contribution in [0.15, 0.2) is 53.6 Å². The molecule has 0 spiro atoms. The SMILES string of the molecule is CN1N=C(C(=O)Nc2ccc(NCc3ccccc3)c(Cl)c2)CCC1=O. The summed E-state index contributed by atoms with van der Waals surface area (Å²) in [4.78, 5) is 23.7. The van der Waals surface area contributed by atoms with Gasteiger partial charge in [0.15, 0.2) is 0 Å². The third kappa shape index (κ3) is 4.40. The van der Waals surface area contributed by atoms with Crippen LogP contribution >= 0.6 is 11.6 Å². The van der Waals surface area contributed by atoms with E-state index < -0.39 is 0 Å². The van der Waals surface area contributed by atoms with Gasteiger partial charge in [-0.3, -0.25) is 9.59 Å². The standard InChI is InChI=1S/C19H19ClN4O2/c1-24-18(25)10-9-17(23-24)19(26)22-14-7-8-16(15(20)11-14)21-12-13-5-3-2-4-6-13/h2-8,11,21H,9-10,12H2,1H3,(H,22,26). The molecule has 2 aromatic carbocycles. The van der Waals surface area contributed by atoms with Crippen molar-refractivity contribution >= 4 is 40.5 Å². The van der Waals surface area contributed by atoms with Crippen molar-refractivity contribution in [3.8, 4) is 0 Å². The molecular weight excluding hydrogens is 352 g/mol. The fourth-order valence-corrected chi connectivity index (χ4v) is 2.81. The van der Waals surface area contributed by atoms with E-state index in [-0.39, 0.29) is 18.2 Å². The zero-order chi connectivity index (χ0) is 18.5. The van der Waals surface area contributed by atoms with Gasteiger partial charge in [-0.1, -0.05) is 41.9 Å². The number of amides is 2. The molecule has 26 heavy (non-hydrogen) atoms. The number of hydrazone groups is 1. The highest BCUT2D eigenvalue weighted by Crippen LogP contribution is 2.26. The molecule has 0 aromatic heterocycles. The quantitative estimate of drug-likeness (QED) is 0.845. The maximum absolute atomic E-state index is 12.3. The van der Waals surface area contributed by atoms with Gasteiger partial charge in [-0.05, 0) is 23.8 Å². The van der Waals surface area contributed by atoms with Gasteiger partial charge < -0.3 is 10.6 Å². The third-order valence-electron chi connectivity index (χ3n) is 4.02. The van der Waals surface area contributed by atoms with Gasteiger partial charge in [0.2, 0.25) is 5.91 Å². The van der Waals surface area contributed by atoms with E-state index in [9.17, 15) is 9.59 Å². The Labute approximate surface area is 156 Å². The van der Waals surface area contributed by atoms with Crippen LogP contribution in [0.4, 0.5) is 11.4 Å². The van der Waals surface area contributed by atoms with Crippen LogP contribution in [0.25, 0.3) is 0 Å². The number of nitrogens with one attached hydrogen (secondary N) is 2. The number of hydrogen-bond donors (Lipinski definition) is 2.